The number of esters is 2. The number of carbonyl (C=O) groups excluding carboxylic acids is 6. The molecular weight excluding hydrogens is 959 g/mol. The number of hydrogen-bond acceptors (Lipinski definition) is 14. The maximum absolute atomic E-state index is 15.0. The zero-order valence-corrected chi connectivity index (χ0v) is 41.6. The van der Waals surface area contributed by atoms with Crippen molar-refractivity contribution in [3.8, 4) is 0 Å². The number of aliphatic hydroxyl groups excluding tert-OH is 2. The number of carbonyl (C=O) groups is 6. The van der Waals surface area contributed by atoms with Gasteiger partial charge in [-0.25, -0.2) is 8.78 Å². The van der Waals surface area contributed by atoms with Gasteiger partial charge in [0.1, 0.15) is 49.1 Å². The van der Waals surface area contributed by atoms with Gasteiger partial charge in [-0.05, 0) is 83.4 Å². The number of nitrogens with two attached hydrogens (primary N) is 2. The third kappa shape index (κ3) is 14.3. The van der Waals surface area contributed by atoms with Crippen LogP contribution in [0.25, 0.3) is 0 Å². The number of nitrogens with one attached hydrogen (secondary N) is 2. The van der Waals surface area contributed by atoms with Gasteiger partial charge in [0.15, 0.2) is 23.8 Å². The second kappa shape index (κ2) is 26.4. The molecule has 0 aromatic heterocycles. The molecule has 0 aliphatic heterocycles. The number of aliphatic hydroxyl groups is 2. The number of rotatable bonds is 25. The summed E-state index contributed by atoms with van der Waals surface area (Å²) in [6, 6.07) is 21.1. The third-order valence-electron chi connectivity index (χ3n) is 13.2. The monoisotopic (exact) mass is 1020 g/mol. The van der Waals surface area contributed by atoms with Crippen LogP contribution >= 0.6 is 0 Å². The average Bonchev–Trinajstić information content (AvgIpc) is 3.94. The van der Waals surface area contributed by atoms with Crippen LogP contribution in [0, 0.1) is 35.3 Å². The molecule has 10 atom stereocenters. The number of ether oxygens (including phenoxy) is 4. The molecule has 0 heterocycles. The number of amides is 2. The molecule has 16 nitrogen and oxygen atoms in total. The molecule has 74 heavy (non-hydrogen) atoms. The van der Waals surface area contributed by atoms with Gasteiger partial charge in [-0.3, -0.25) is 28.8 Å². The van der Waals surface area contributed by atoms with Gasteiger partial charge in [-0.2, -0.15) is 0 Å². The zero-order chi connectivity index (χ0) is 53.6. The van der Waals surface area contributed by atoms with E-state index >= 15 is 8.78 Å². The van der Waals surface area contributed by atoms with Gasteiger partial charge in [0.25, 0.3) is 11.8 Å². The largest absolute Gasteiger partial charge is 0.460 e. The van der Waals surface area contributed by atoms with Gasteiger partial charge in [0.2, 0.25) is 0 Å². The van der Waals surface area contributed by atoms with E-state index < -0.39 is 121 Å². The minimum Gasteiger partial charge on any atom is -0.460 e. The van der Waals surface area contributed by atoms with Crippen LogP contribution in [0.5, 0.6) is 0 Å². The lowest BCUT2D eigenvalue weighted by atomic mass is 9.93. The first kappa shape index (κ1) is 56.5. The Hall–Kier alpha value is -6.80. The van der Waals surface area contributed by atoms with Crippen molar-refractivity contribution in [3.05, 3.63) is 166 Å². The van der Waals surface area contributed by atoms with Crippen molar-refractivity contribution in [2.45, 2.75) is 102 Å². The topological polar surface area (TPSA) is 256 Å². The highest BCUT2D eigenvalue weighted by molar-refractivity contribution is 5.95. The van der Waals surface area contributed by atoms with Crippen molar-refractivity contribution in [2.24, 2.45) is 35.1 Å². The van der Waals surface area contributed by atoms with E-state index in [9.17, 15) is 39.0 Å². The molecule has 8 N–H and O–H groups in total. The normalized spacial score (nSPS) is 19.6. The first-order valence-corrected chi connectivity index (χ1v) is 24.5. The number of halogens is 2. The van der Waals surface area contributed by atoms with Crippen molar-refractivity contribution in [3.63, 3.8) is 0 Å². The Morgan fingerprint density at radius 3 is 1.30 bits per heavy atom. The van der Waals surface area contributed by atoms with Crippen LogP contribution in [0.15, 0.2) is 121 Å². The molecule has 0 saturated carbocycles. The Kier molecular flexibility index (Phi) is 20.2. The lowest BCUT2D eigenvalue weighted by molar-refractivity contribution is -0.171. The van der Waals surface area contributed by atoms with E-state index in [0.29, 0.717) is 11.1 Å². The van der Waals surface area contributed by atoms with E-state index in [2.05, 4.69) is 10.6 Å². The fourth-order valence-corrected chi connectivity index (χ4v) is 8.73. The zero-order valence-electron chi connectivity index (χ0n) is 41.6. The van der Waals surface area contributed by atoms with E-state index in [4.69, 9.17) is 30.4 Å². The van der Waals surface area contributed by atoms with Crippen LogP contribution in [0.3, 0.4) is 0 Å². The average molecular weight is 1020 g/mol. The van der Waals surface area contributed by atoms with Gasteiger partial charge in [-0.1, -0.05) is 113 Å². The minimum absolute atomic E-state index is 0.0292. The fourth-order valence-electron chi connectivity index (χ4n) is 8.73. The van der Waals surface area contributed by atoms with E-state index in [1.807, 2.05) is 0 Å². The molecule has 0 radical (unpaired) electrons. The second-order valence-electron chi connectivity index (χ2n) is 19.0. The van der Waals surface area contributed by atoms with E-state index in [-0.39, 0.29) is 49.0 Å². The van der Waals surface area contributed by atoms with Gasteiger partial charge >= 0.3 is 11.9 Å². The Bertz CT molecular complexity index is 2510. The van der Waals surface area contributed by atoms with Crippen LogP contribution in [-0.2, 0) is 73.8 Å². The summed E-state index contributed by atoms with van der Waals surface area (Å²) in [6.45, 7) is 5.31. The van der Waals surface area contributed by atoms with Crippen molar-refractivity contribution in [1.82, 2.24) is 10.6 Å². The number of fused-ring (bicyclic) bond motifs is 2. The number of benzene rings is 4. The van der Waals surface area contributed by atoms with Crippen LogP contribution in [-0.4, -0.2) is 95.2 Å². The lowest BCUT2D eigenvalue weighted by Crippen LogP contribution is -2.57. The number of allylic oxidation sites excluding steroid dienone is 2. The van der Waals surface area contributed by atoms with Gasteiger partial charge in [0, 0.05) is 11.1 Å². The maximum atomic E-state index is 15.0. The lowest BCUT2D eigenvalue weighted by Gasteiger charge is -2.33. The standard InChI is InChI=1S/C56H64F2N4O12/c1-31(2)45(59)55(69)71-25-13-23-43(63)39-27-33-15-5-9-19-37(33)47(39)61-53(67)51(73-29-35-17-7-11-21-41(35)57)49(65)50(66)52(74-30-36-18-8-12-22-42(36)58)54(68)62-48-38-20-10-6-16-34(38)28-40(48)44(64)24-14-26-72-56(70)46(60)32(3)4/h5-24,31-32,39-40,45-52,65-66H,25-30,59-60H2,1-4H3,(H,61,67)(H,62,68)/t39-,40-,45-,46-,47+,48+,49+,50+,51+,52+/m0/s1. The first-order chi connectivity index (χ1) is 35.4. The van der Waals surface area contributed by atoms with Gasteiger partial charge in [0.05, 0.1) is 37.1 Å². The summed E-state index contributed by atoms with van der Waals surface area (Å²) < 4.78 is 52.4. The molecule has 4 aromatic rings. The summed E-state index contributed by atoms with van der Waals surface area (Å²) in [5, 5.41) is 29.9. The maximum Gasteiger partial charge on any atom is 0.323 e. The van der Waals surface area contributed by atoms with Crippen molar-refractivity contribution in [2.75, 3.05) is 13.2 Å². The third-order valence-corrected chi connectivity index (χ3v) is 13.2. The summed E-state index contributed by atoms with van der Waals surface area (Å²) in [5.41, 5.74) is 14.3. The van der Waals surface area contributed by atoms with Crippen molar-refractivity contribution < 1.29 is 66.7 Å². The highest BCUT2D eigenvalue weighted by atomic mass is 19.1. The molecule has 18 heteroatoms. The SMILES string of the molecule is CC(C)[C@H](N)C(=O)OCC=CC(=O)[C@@H]1Cc2ccccc2[C@H]1NC(=O)[C@H](OCc1ccccc1F)[C@H](O)[C@@H](O)[C@@H](OCc1ccccc1F)C(=O)N[C@@H]1c2ccccc2C[C@H]1C(=O)C=CCOC(=O)[C@@H](N)C(C)C. The molecule has 6 rings (SSSR count). The molecular formula is C56H64F2N4O12. The molecule has 0 unspecified atom stereocenters. The van der Waals surface area contributed by atoms with E-state index in [1.54, 1.807) is 76.2 Å². The molecule has 2 aliphatic rings. The molecule has 2 aliphatic carbocycles. The van der Waals surface area contributed by atoms with Crippen LogP contribution in [0.4, 0.5) is 8.78 Å². The smallest absolute Gasteiger partial charge is 0.323 e. The Labute approximate surface area is 428 Å². The molecule has 0 fully saturated rings. The van der Waals surface area contributed by atoms with E-state index in [0.717, 1.165) is 23.3 Å². The number of hydrogen-bond donors (Lipinski definition) is 6. The molecule has 0 spiro atoms. The van der Waals surface area contributed by atoms with Crippen LogP contribution in [0.2, 0.25) is 0 Å². The van der Waals surface area contributed by atoms with E-state index in [1.165, 1.54) is 60.7 Å². The molecule has 4 aromatic carbocycles. The van der Waals surface area contributed by atoms with Crippen LogP contribution in [0.1, 0.15) is 73.2 Å². The molecule has 0 saturated heterocycles. The van der Waals surface area contributed by atoms with Gasteiger partial charge in [-0.15, -0.1) is 0 Å². The Balaban J connectivity index is 1.28. The summed E-state index contributed by atoms with van der Waals surface area (Å²) >= 11 is 0. The molecule has 394 valence electrons. The van der Waals surface area contributed by atoms with Crippen molar-refractivity contribution in [1.29, 1.82) is 0 Å². The summed E-state index contributed by atoms with van der Waals surface area (Å²) in [5.74, 6) is -7.95. The summed E-state index contributed by atoms with van der Waals surface area (Å²) in [7, 11) is 0. The highest BCUT2D eigenvalue weighted by Gasteiger charge is 2.46. The predicted molar refractivity (Wildman–Crippen MR) is 267 cm³/mol. The summed E-state index contributed by atoms with van der Waals surface area (Å²) in [4.78, 5) is 81.7. The van der Waals surface area contributed by atoms with Gasteiger partial charge < -0.3 is 51.3 Å². The first-order valence-electron chi connectivity index (χ1n) is 24.5. The van der Waals surface area contributed by atoms with Crippen LogP contribution < -0.4 is 22.1 Å². The Morgan fingerprint density at radius 2 is 0.932 bits per heavy atom. The highest BCUT2D eigenvalue weighted by Crippen LogP contribution is 2.39. The quantitative estimate of drug-likeness (QED) is 0.0395. The number of ketones is 2. The second-order valence-corrected chi connectivity index (χ2v) is 19.0. The molecule has 2 amide bonds. The van der Waals surface area contributed by atoms with Crippen molar-refractivity contribution >= 4 is 35.3 Å². The Morgan fingerprint density at radius 1 is 0.581 bits per heavy atom. The minimum atomic E-state index is -2.33. The molecule has 0 bridgehead atoms. The fraction of sp³-hybridized carbons (Fsp3) is 0.393. The predicted octanol–water partition coefficient (Wildman–Crippen LogP) is 4.52. The summed E-state index contributed by atoms with van der Waals surface area (Å²) in [6.07, 6.45) is -3.34.